The van der Waals surface area contributed by atoms with E-state index in [1.165, 1.54) is 6.07 Å². The quantitative estimate of drug-likeness (QED) is 0.475. The van der Waals surface area contributed by atoms with E-state index < -0.39 is 4.92 Å². The summed E-state index contributed by atoms with van der Waals surface area (Å²) in [6, 6.07) is 4.84. The van der Waals surface area contributed by atoms with E-state index in [2.05, 4.69) is 15.9 Å². The van der Waals surface area contributed by atoms with Crippen molar-refractivity contribution in [3.8, 4) is 5.75 Å². The predicted molar refractivity (Wildman–Crippen MR) is 56.9 cm³/mol. The van der Waals surface area contributed by atoms with Crippen molar-refractivity contribution >= 4 is 21.6 Å². The smallest absolute Gasteiger partial charge is 0.310 e. The monoisotopic (exact) mass is 259 g/mol. The van der Waals surface area contributed by atoms with Gasteiger partial charge in [0.15, 0.2) is 5.75 Å². The van der Waals surface area contributed by atoms with Gasteiger partial charge in [0.25, 0.3) is 0 Å². The zero-order valence-corrected chi connectivity index (χ0v) is 9.28. The maximum atomic E-state index is 10.6. The second kappa shape index (κ2) is 4.95. The lowest BCUT2D eigenvalue weighted by atomic mass is 10.2. The number of ether oxygens (including phenoxy) is 1. The lowest BCUT2D eigenvalue weighted by molar-refractivity contribution is -0.385. The van der Waals surface area contributed by atoms with Crippen molar-refractivity contribution < 1.29 is 9.66 Å². The number of benzene rings is 1. The van der Waals surface area contributed by atoms with Gasteiger partial charge in [0.2, 0.25) is 0 Å². The molecule has 0 spiro atoms. The van der Waals surface area contributed by atoms with E-state index in [1.54, 1.807) is 19.1 Å². The molecular weight excluding hydrogens is 250 g/mol. The lowest BCUT2D eigenvalue weighted by Gasteiger charge is -2.05. The molecule has 0 radical (unpaired) electrons. The Labute approximate surface area is 90.2 Å². The number of nitro benzene ring substituents is 1. The van der Waals surface area contributed by atoms with Crippen molar-refractivity contribution in [2.45, 2.75) is 12.3 Å². The van der Waals surface area contributed by atoms with Crippen LogP contribution in [-0.4, -0.2) is 11.5 Å². The second-order valence-corrected chi connectivity index (χ2v) is 3.19. The van der Waals surface area contributed by atoms with Crippen LogP contribution >= 0.6 is 15.9 Å². The van der Waals surface area contributed by atoms with Gasteiger partial charge in [-0.3, -0.25) is 10.1 Å². The highest BCUT2D eigenvalue weighted by molar-refractivity contribution is 9.08. The van der Waals surface area contributed by atoms with Gasteiger partial charge in [-0.1, -0.05) is 22.0 Å². The van der Waals surface area contributed by atoms with Gasteiger partial charge in [-0.05, 0) is 18.6 Å². The van der Waals surface area contributed by atoms with E-state index in [9.17, 15) is 10.1 Å². The SMILES string of the molecule is CCOc1cc(CBr)ccc1[N+](=O)[O-]. The highest BCUT2D eigenvalue weighted by Gasteiger charge is 2.14. The summed E-state index contributed by atoms with van der Waals surface area (Å²) in [5.74, 6) is 0.328. The second-order valence-electron chi connectivity index (χ2n) is 2.63. The molecule has 0 saturated heterocycles. The van der Waals surface area contributed by atoms with Crippen LogP contribution in [0, 0.1) is 10.1 Å². The molecule has 5 heteroatoms. The molecular formula is C9H10BrNO3. The third kappa shape index (κ3) is 2.45. The topological polar surface area (TPSA) is 52.4 Å². The van der Waals surface area contributed by atoms with Crippen LogP contribution in [0.15, 0.2) is 18.2 Å². The van der Waals surface area contributed by atoms with Crippen LogP contribution in [0.2, 0.25) is 0 Å². The number of hydrogen-bond acceptors (Lipinski definition) is 3. The van der Waals surface area contributed by atoms with E-state index in [-0.39, 0.29) is 5.69 Å². The summed E-state index contributed by atoms with van der Waals surface area (Å²) in [6.07, 6.45) is 0. The summed E-state index contributed by atoms with van der Waals surface area (Å²) in [5.41, 5.74) is 0.968. The van der Waals surface area contributed by atoms with Crippen molar-refractivity contribution in [3.05, 3.63) is 33.9 Å². The van der Waals surface area contributed by atoms with Crippen molar-refractivity contribution in [2.75, 3.05) is 6.61 Å². The van der Waals surface area contributed by atoms with Crippen LogP contribution in [0.3, 0.4) is 0 Å². The average molecular weight is 260 g/mol. The Morgan fingerprint density at radius 3 is 2.79 bits per heavy atom. The van der Waals surface area contributed by atoms with Gasteiger partial charge in [-0.25, -0.2) is 0 Å². The van der Waals surface area contributed by atoms with E-state index in [4.69, 9.17) is 4.74 Å². The van der Waals surface area contributed by atoms with E-state index >= 15 is 0 Å². The molecule has 0 bridgehead atoms. The Bertz CT molecular complexity index is 341. The Morgan fingerprint density at radius 2 is 2.29 bits per heavy atom. The van der Waals surface area contributed by atoms with Gasteiger partial charge in [-0.2, -0.15) is 0 Å². The minimum absolute atomic E-state index is 0.0107. The first-order valence-electron chi connectivity index (χ1n) is 4.15. The van der Waals surface area contributed by atoms with Crippen LogP contribution in [-0.2, 0) is 5.33 Å². The first kappa shape index (κ1) is 11.0. The Morgan fingerprint density at radius 1 is 1.57 bits per heavy atom. The largest absolute Gasteiger partial charge is 0.487 e. The molecule has 76 valence electrons. The van der Waals surface area contributed by atoms with Crippen LogP contribution in [0.5, 0.6) is 5.75 Å². The van der Waals surface area contributed by atoms with E-state index in [1.807, 2.05) is 0 Å². The lowest BCUT2D eigenvalue weighted by Crippen LogP contribution is -1.98. The summed E-state index contributed by atoms with van der Waals surface area (Å²) in [5, 5.41) is 11.3. The highest BCUT2D eigenvalue weighted by Crippen LogP contribution is 2.28. The standard InChI is InChI=1S/C9H10BrNO3/c1-2-14-9-5-7(6-10)3-4-8(9)11(12)13/h3-5H,2,6H2,1H3. The number of rotatable bonds is 4. The van der Waals surface area contributed by atoms with Gasteiger partial charge >= 0.3 is 5.69 Å². The predicted octanol–water partition coefficient (Wildman–Crippen LogP) is 2.89. The number of nitrogens with zero attached hydrogens (tertiary/aromatic N) is 1. The third-order valence-corrected chi connectivity index (χ3v) is 2.32. The fourth-order valence-corrected chi connectivity index (χ4v) is 1.41. The van der Waals surface area contributed by atoms with Gasteiger partial charge in [0.1, 0.15) is 0 Å². The number of nitro groups is 1. The van der Waals surface area contributed by atoms with Crippen LogP contribution in [0.4, 0.5) is 5.69 Å². The summed E-state index contributed by atoms with van der Waals surface area (Å²) in [4.78, 5) is 10.2. The average Bonchev–Trinajstić information content (AvgIpc) is 2.17. The van der Waals surface area contributed by atoms with Crippen LogP contribution < -0.4 is 4.74 Å². The Hall–Kier alpha value is -1.10. The van der Waals surface area contributed by atoms with Gasteiger partial charge in [0.05, 0.1) is 11.5 Å². The Kier molecular flexibility index (Phi) is 3.88. The fraction of sp³-hybridized carbons (Fsp3) is 0.333. The van der Waals surface area contributed by atoms with Gasteiger partial charge in [-0.15, -0.1) is 0 Å². The van der Waals surface area contributed by atoms with Crippen molar-refractivity contribution in [3.63, 3.8) is 0 Å². The highest BCUT2D eigenvalue weighted by atomic mass is 79.9. The molecule has 0 aliphatic carbocycles. The van der Waals surface area contributed by atoms with Crippen molar-refractivity contribution in [2.24, 2.45) is 0 Å². The molecule has 0 fully saturated rings. The summed E-state index contributed by atoms with van der Waals surface area (Å²) < 4.78 is 5.18. The molecule has 0 N–H and O–H groups in total. The molecule has 0 saturated carbocycles. The normalized spacial score (nSPS) is 9.86. The zero-order valence-electron chi connectivity index (χ0n) is 7.70. The van der Waals surface area contributed by atoms with E-state index in [0.717, 1.165) is 5.56 Å². The third-order valence-electron chi connectivity index (χ3n) is 1.68. The summed E-state index contributed by atoms with van der Waals surface area (Å²) >= 11 is 3.28. The van der Waals surface area contributed by atoms with Gasteiger partial charge in [0, 0.05) is 11.4 Å². The molecule has 0 aliphatic heterocycles. The molecule has 0 amide bonds. The zero-order chi connectivity index (χ0) is 10.6. The van der Waals surface area contributed by atoms with Crippen molar-refractivity contribution in [1.29, 1.82) is 0 Å². The van der Waals surface area contributed by atoms with Gasteiger partial charge < -0.3 is 4.74 Å². The number of hydrogen-bond donors (Lipinski definition) is 0. The molecule has 1 aromatic rings. The maximum absolute atomic E-state index is 10.6. The molecule has 1 rings (SSSR count). The Balaban J connectivity index is 3.10. The fourth-order valence-electron chi connectivity index (χ4n) is 1.06. The summed E-state index contributed by atoms with van der Waals surface area (Å²) in [6.45, 7) is 2.22. The molecule has 0 atom stereocenters. The first-order chi connectivity index (χ1) is 6.69. The minimum atomic E-state index is -0.441. The molecule has 0 unspecified atom stereocenters. The molecule has 14 heavy (non-hydrogen) atoms. The molecule has 0 heterocycles. The van der Waals surface area contributed by atoms with Crippen molar-refractivity contribution in [1.82, 2.24) is 0 Å². The minimum Gasteiger partial charge on any atom is -0.487 e. The molecule has 0 aliphatic rings. The number of alkyl halides is 1. The summed E-state index contributed by atoms with van der Waals surface area (Å²) in [7, 11) is 0. The van der Waals surface area contributed by atoms with E-state index in [0.29, 0.717) is 17.7 Å². The molecule has 0 aromatic heterocycles. The first-order valence-corrected chi connectivity index (χ1v) is 5.27. The maximum Gasteiger partial charge on any atom is 0.310 e. The molecule has 4 nitrogen and oxygen atoms in total. The van der Waals surface area contributed by atoms with Crippen LogP contribution in [0.25, 0.3) is 0 Å². The molecule has 1 aromatic carbocycles. The van der Waals surface area contributed by atoms with Crippen LogP contribution in [0.1, 0.15) is 12.5 Å². The number of halogens is 1.